The summed E-state index contributed by atoms with van der Waals surface area (Å²) in [5.41, 5.74) is 1.96. The van der Waals surface area contributed by atoms with Crippen LogP contribution in [-0.2, 0) is 32.6 Å². The highest BCUT2D eigenvalue weighted by Crippen LogP contribution is 2.26. The molecule has 0 saturated heterocycles. The Hall–Kier alpha value is -3.41. The molecule has 0 spiro atoms. The first-order valence-electron chi connectivity index (χ1n) is 13.8. The second kappa shape index (κ2) is 14.9. The molecule has 0 heterocycles. The molecule has 0 aromatic heterocycles. The molecule has 0 radical (unpaired) electrons. The predicted octanol–water partition coefficient (Wildman–Crippen LogP) is 6.30. The summed E-state index contributed by atoms with van der Waals surface area (Å²) in [4.78, 5) is 29.6. The summed E-state index contributed by atoms with van der Waals surface area (Å²) in [7, 11) is -4.13. The van der Waals surface area contributed by atoms with Crippen LogP contribution in [0.5, 0.6) is 0 Å². The number of hydrogen-bond acceptors (Lipinski definition) is 4. The zero-order valence-electron chi connectivity index (χ0n) is 23.9. The fourth-order valence-corrected chi connectivity index (χ4v) is 6.50. The maximum atomic E-state index is 14.4. The maximum absolute atomic E-state index is 14.4. The van der Waals surface area contributed by atoms with Crippen LogP contribution in [0.25, 0.3) is 0 Å². The number of amides is 2. The lowest BCUT2D eigenvalue weighted by Crippen LogP contribution is -2.54. The fraction of sp³-hybridized carbons (Fsp3) is 0.212. The first kappa shape index (κ1) is 32.5. The zero-order chi connectivity index (χ0) is 31.0. The van der Waals surface area contributed by atoms with Gasteiger partial charge in [0.05, 0.1) is 10.6 Å². The molecule has 0 aliphatic carbocycles. The summed E-state index contributed by atoms with van der Waals surface area (Å²) in [5.74, 6) is -0.847. The monoisotopic (exact) mass is 729 g/mol. The molecule has 10 heteroatoms. The molecule has 0 saturated carbocycles. The Bertz CT molecular complexity index is 1620. The molecule has 1 N–H and O–H groups in total. The van der Waals surface area contributed by atoms with E-state index in [1.54, 1.807) is 66.7 Å². The van der Waals surface area contributed by atoms with Crippen molar-refractivity contribution < 1.29 is 18.0 Å². The highest BCUT2D eigenvalue weighted by atomic mass is 127. The first-order valence-corrected chi connectivity index (χ1v) is 16.7. The standard InChI is InChI=1S/C33H33ClIN3O4S/c1-24(2)36-33(40)31(21-25-9-5-3-6-10-25)37(22-26-13-15-27(34)16-14-26)32(39)23-38(29-19-17-28(35)18-20-29)43(41,42)30-11-7-4-8-12-30/h3-20,24,31H,21-23H2,1-2H3,(H,36,40)/t31-/m1/s1. The van der Waals surface area contributed by atoms with E-state index < -0.39 is 28.5 Å². The van der Waals surface area contributed by atoms with E-state index in [2.05, 4.69) is 27.9 Å². The SMILES string of the molecule is CC(C)NC(=O)[C@@H](Cc1ccccc1)N(Cc1ccc(Cl)cc1)C(=O)CN(c1ccc(I)cc1)S(=O)(=O)c1ccccc1. The predicted molar refractivity (Wildman–Crippen MR) is 179 cm³/mol. The van der Waals surface area contributed by atoms with Crippen molar-refractivity contribution in [3.63, 3.8) is 0 Å². The van der Waals surface area contributed by atoms with Gasteiger partial charge in [-0.05, 0) is 96.1 Å². The van der Waals surface area contributed by atoms with E-state index in [0.717, 1.165) is 19.0 Å². The number of carbonyl (C=O) groups is 2. The molecule has 2 amide bonds. The Morgan fingerprint density at radius 1 is 0.814 bits per heavy atom. The fourth-order valence-electron chi connectivity index (χ4n) is 4.58. The van der Waals surface area contributed by atoms with Crippen LogP contribution >= 0.6 is 34.2 Å². The number of sulfonamides is 1. The van der Waals surface area contributed by atoms with Crippen molar-refractivity contribution in [2.24, 2.45) is 0 Å². The minimum Gasteiger partial charge on any atom is -0.352 e. The van der Waals surface area contributed by atoms with Gasteiger partial charge in [0.2, 0.25) is 11.8 Å². The van der Waals surface area contributed by atoms with Gasteiger partial charge >= 0.3 is 0 Å². The van der Waals surface area contributed by atoms with Crippen molar-refractivity contribution in [1.29, 1.82) is 0 Å². The summed E-state index contributed by atoms with van der Waals surface area (Å²) >= 11 is 8.27. The Morgan fingerprint density at radius 3 is 1.98 bits per heavy atom. The van der Waals surface area contributed by atoms with Crippen molar-refractivity contribution >= 4 is 61.7 Å². The van der Waals surface area contributed by atoms with E-state index in [1.807, 2.05) is 44.2 Å². The third-order valence-corrected chi connectivity index (χ3v) is 9.45. The molecule has 0 bridgehead atoms. The number of carbonyl (C=O) groups excluding carboxylic acids is 2. The summed E-state index contributed by atoms with van der Waals surface area (Å²) in [6.07, 6.45) is 0.244. The largest absolute Gasteiger partial charge is 0.352 e. The molecule has 4 aromatic carbocycles. The number of nitrogens with one attached hydrogen (secondary N) is 1. The Kier molecular flexibility index (Phi) is 11.2. The highest BCUT2D eigenvalue weighted by Gasteiger charge is 2.34. The number of nitrogens with zero attached hydrogens (tertiary/aromatic N) is 2. The van der Waals surface area contributed by atoms with Gasteiger partial charge in [0, 0.05) is 27.6 Å². The minimum atomic E-state index is -4.13. The molecular formula is C33H33ClIN3O4S. The number of rotatable bonds is 12. The first-order chi connectivity index (χ1) is 20.5. The van der Waals surface area contributed by atoms with Crippen molar-refractivity contribution in [3.05, 3.63) is 129 Å². The smallest absolute Gasteiger partial charge is 0.264 e. The molecule has 0 aliphatic heterocycles. The second-order valence-electron chi connectivity index (χ2n) is 10.3. The van der Waals surface area contributed by atoms with Crippen molar-refractivity contribution in [3.8, 4) is 0 Å². The van der Waals surface area contributed by atoms with Gasteiger partial charge in [0.1, 0.15) is 12.6 Å². The lowest BCUT2D eigenvalue weighted by atomic mass is 10.0. The molecule has 4 rings (SSSR count). The van der Waals surface area contributed by atoms with Gasteiger partial charge < -0.3 is 10.2 Å². The molecular weight excluding hydrogens is 697 g/mol. The molecule has 43 heavy (non-hydrogen) atoms. The number of benzene rings is 4. The van der Waals surface area contributed by atoms with Crippen LogP contribution in [0.1, 0.15) is 25.0 Å². The molecule has 224 valence electrons. The summed E-state index contributed by atoms with van der Waals surface area (Å²) < 4.78 is 30.0. The van der Waals surface area contributed by atoms with Gasteiger partial charge in [-0.3, -0.25) is 13.9 Å². The zero-order valence-corrected chi connectivity index (χ0v) is 27.6. The Labute approximate surface area is 272 Å². The average Bonchev–Trinajstić information content (AvgIpc) is 2.99. The normalized spacial score (nSPS) is 12.0. The van der Waals surface area contributed by atoms with Crippen molar-refractivity contribution in [1.82, 2.24) is 10.2 Å². The van der Waals surface area contributed by atoms with Crippen LogP contribution < -0.4 is 9.62 Å². The summed E-state index contributed by atoms with van der Waals surface area (Å²) in [5, 5.41) is 3.49. The van der Waals surface area contributed by atoms with Crippen LogP contribution in [0.4, 0.5) is 5.69 Å². The molecule has 0 aliphatic rings. The van der Waals surface area contributed by atoms with Gasteiger partial charge in [0.15, 0.2) is 0 Å². The average molecular weight is 730 g/mol. The van der Waals surface area contributed by atoms with E-state index in [0.29, 0.717) is 10.7 Å². The van der Waals surface area contributed by atoms with Crippen LogP contribution in [-0.4, -0.2) is 43.8 Å². The van der Waals surface area contributed by atoms with Gasteiger partial charge in [-0.25, -0.2) is 8.42 Å². The molecule has 0 fully saturated rings. The van der Waals surface area contributed by atoms with E-state index in [1.165, 1.54) is 17.0 Å². The number of halogens is 2. The van der Waals surface area contributed by atoms with Crippen LogP contribution in [0.2, 0.25) is 5.02 Å². The van der Waals surface area contributed by atoms with Gasteiger partial charge in [0.25, 0.3) is 10.0 Å². The highest BCUT2D eigenvalue weighted by molar-refractivity contribution is 14.1. The molecule has 0 unspecified atom stereocenters. The van der Waals surface area contributed by atoms with Crippen LogP contribution in [0, 0.1) is 3.57 Å². The molecule has 1 atom stereocenters. The van der Waals surface area contributed by atoms with E-state index in [-0.39, 0.29) is 29.8 Å². The lowest BCUT2D eigenvalue weighted by Gasteiger charge is -2.34. The van der Waals surface area contributed by atoms with E-state index in [4.69, 9.17) is 11.6 Å². The minimum absolute atomic E-state index is 0.0592. The Balaban J connectivity index is 1.79. The summed E-state index contributed by atoms with van der Waals surface area (Å²) in [6, 6.07) is 30.3. The third-order valence-electron chi connectivity index (χ3n) is 6.69. The van der Waals surface area contributed by atoms with Gasteiger partial charge in [-0.1, -0.05) is 72.3 Å². The third kappa shape index (κ3) is 8.81. The number of anilines is 1. The quantitative estimate of drug-likeness (QED) is 0.174. The van der Waals surface area contributed by atoms with E-state index in [9.17, 15) is 18.0 Å². The van der Waals surface area contributed by atoms with Crippen LogP contribution in [0.3, 0.4) is 0 Å². The second-order valence-corrected chi connectivity index (χ2v) is 13.9. The van der Waals surface area contributed by atoms with Crippen molar-refractivity contribution in [2.45, 2.75) is 43.8 Å². The van der Waals surface area contributed by atoms with Gasteiger partial charge in [-0.15, -0.1) is 0 Å². The maximum Gasteiger partial charge on any atom is 0.264 e. The topological polar surface area (TPSA) is 86.8 Å². The van der Waals surface area contributed by atoms with Crippen molar-refractivity contribution in [2.75, 3.05) is 10.8 Å². The van der Waals surface area contributed by atoms with Gasteiger partial charge in [-0.2, -0.15) is 0 Å². The number of hydrogen-bond donors (Lipinski definition) is 1. The lowest BCUT2D eigenvalue weighted by molar-refractivity contribution is -0.140. The molecule has 7 nitrogen and oxygen atoms in total. The molecule has 4 aromatic rings. The van der Waals surface area contributed by atoms with E-state index >= 15 is 0 Å². The summed E-state index contributed by atoms with van der Waals surface area (Å²) in [6.45, 7) is 3.28. The Morgan fingerprint density at radius 2 is 1.40 bits per heavy atom. The van der Waals surface area contributed by atoms with Crippen LogP contribution in [0.15, 0.2) is 114 Å².